The van der Waals surface area contributed by atoms with Gasteiger partial charge in [-0.25, -0.2) is 0 Å². The monoisotopic (exact) mass is 661 g/mol. The maximum Gasteiger partial charge on any atom is 0.254 e. The number of halogens is 2. The summed E-state index contributed by atoms with van der Waals surface area (Å²) in [5.41, 5.74) is 5.62. The van der Waals surface area contributed by atoms with Crippen molar-refractivity contribution in [3.63, 3.8) is 0 Å². The Morgan fingerprint density at radius 1 is 0.891 bits per heavy atom. The van der Waals surface area contributed by atoms with Crippen molar-refractivity contribution in [2.24, 2.45) is 5.92 Å². The molecule has 0 radical (unpaired) electrons. The van der Waals surface area contributed by atoms with Crippen LogP contribution in [-0.4, -0.2) is 77.2 Å². The second kappa shape index (κ2) is 13.7. The number of benzene rings is 3. The summed E-state index contributed by atoms with van der Waals surface area (Å²) in [4.78, 5) is 45.1. The van der Waals surface area contributed by atoms with Crippen molar-refractivity contribution < 1.29 is 14.4 Å². The number of hydrogen-bond donors (Lipinski definition) is 2. The first-order chi connectivity index (χ1) is 22.0. The largest absolute Gasteiger partial charge is 0.334 e. The van der Waals surface area contributed by atoms with Gasteiger partial charge in [0.1, 0.15) is 0 Å². The molecule has 2 heterocycles. The van der Waals surface area contributed by atoms with Crippen LogP contribution in [0.5, 0.6) is 0 Å². The van der Waals surface area contributed by atoms with Gasteiger partial charge >= 0.3 is 0 Å². The number of anilines is 1. The van der Waals surface area contributed by atoms with E-state index < -0.39 is 0 Å². The van der Waals surface area contributed by atoms with Gasteiger partial charge in [0, 0.05) is 63.0 Å². The van der Waals surface area contributed by atoms with Crippen molar-refractivity contribution >= 4 is 46.6 Å². The Kier molecular flexibility index (Phi) is 9.71. The summed E-state index contributed by atoms with van der Waals surface area (Å²) < 4.78 is 0. The van der Waals surface area contributed by atoms with Gasteiger partial charge in [-0.05, 0) is 80.1 Å². The fourth-order valence-corrected chi connectivity index (χ4v) is 7.85. The van der Waals surface area contributed by atoms with E-state index in [0.717, 1.165) is 48.3 Å². The summed E-state index contributed by atoms with van der Waals surface area (Å²) >= 11 is 12.7. The predicted octanol–water partition coefficient (Wildman–Crippen LogP) is 5.85. The maximum atomic E-state index is 13.8. The Bertz CT molecular complexity index is 1630. The highest BCUT2D eigenvalue weighted by Crippen LogP contribution is 2.39. The minimum atomic E-state index is -0.337. The van der Waals surface area contributed by atoms with E-state index in [1.54, 1.807) is 6.07 Å². The highest BCUT2D eigenvalue weighted by Gasteiger charge is 2.44. The zero-order chi connectivity index (χ0) is 32.5. The van der Waals surface area contributed by atoms with Crippen molar-refractivity contribution in [2.75, 3.05) is 38.0 Å². The van der Waals surface area contributed by atoms with Gasteiger partial charge in [-0.2, -0.15) is 0 Å². The van der Waals surface area contributed by atoms with Gasteiger partial charge in [-0.3, -0.25) is 19.3 Å². The van der Waals surface area contributed by atoms with Gasteiger partial charge < -0.3 is 20.4 Å². The van der Waals surface area contributed by atoms with E-state index in [4.69, 9.17) is 23.2 Å². The van der Waals surface area contributed by atoms with E-state index in [1.165, 1.54) is 12.5 Å². The molecule has 6 rings (SSSR count). The number of carbonyl (C=O) groups is 3. The van der Waals surface area contributed by atoms with Crippen LogP contribution in [0.4, 0.5) is 5.69 Å². The Morgan fingerprint density at radius 3 is 2.37 bits per heavy atom. The molecule has 1 saturated carbocycles. The standard InChI is InChI=1S/C36H41Cl2N5O3/c1-22-11-23(2)13-27(12-22)36(46)41-9-10-43(34(21-41)26-7-8-31(37)32(38)16-26)35(45)18-39-33-17-30-15-28(33)20-42(30)19-25-5-4-6-29(14-25)40-24(3)44/h4-8,11-14,16,28,30,33-34,39H,9-10,15,17-21H2,1-3H3,(H,40,44)/t28-,30-,33-,34?/m1/s1. The van der Waals surface area contributed by atoms with E-state index >= 15 is 0 Å². The molecule has 46 heavy (non-hydrogen) atoms. The second-order valence-electron chi connectivity index (χ2n) is 13.1. The molecule has 10 heteroatoms. The number of rotatable bonds is 8. The second-order valence-corrected chi connectivity index (χ2v) is 13.9. The van der Waals surface area contributed by atoms with Gasteiger partial charge in [-0.15, -0.1) is 0 Å². The number of nitrogens with one attached hydrogen (secondary N) is 2. The van der Waals surface area contributed by atoms with Crippen LogP contribution in [0.25, 0.3) is 0 Å². The molecular formula is C36H41Cl2N5O3. The van der Waals surface area contributed by atoms with Gasteiger partial charge in [0.05, 0.1) is 22.6 Å². The number of likely N-dealkylation sites (tertiary alicyclic amines) is 1. The van der Waals surface area contributed by atoms with Crippen LogP contribution in [-0.2, 0) is 16.1 Å². The summed E-state index contributed by atoms with van der Waals surface area (Å²) in [6, 6.07) is 19.8. The first-order valence-corrected chi connectivity index (χ1v) is 16.8. The van der Waals surface area contributed by atoms with Gasteiger partial charge in [-0.1, -0.05) is 58.6 Å². The molecule has 3 aromatic carbocycles. The number of amides is 3. The van der Waals surface area contributed by atoms with Crippen molar-refractivity contribution in [3.8, 4) is 0 Å². The van der Waals surface area contributed by atoms with Crippen molar-refractivity contribution in [1.82, 2.24) is 20.0 Å². The van der Waals surface area contributed by atoms with Crippen LogP contribution in [0.1, 0.15) is 58.4 Å². The molecule has 0 spiro atoms. The van der Waals surface area contributed by atoms with Gasteiger partial charge in [0.15, 0.2) is 0 Å². The van der Waals surface area contributed by atoms with Crippen molar-refractivity contribution in [2.45, 2.75) is 58.3 Å². The van der Waals surface area contributed by atoms with E-state index in [-0.39, 0.29) is 36.3 Å². The van der Waals surface area contributed by atoms with Crippen LogP contribution < -0.4 is 10.6 Å². The van der Waals surface area contributed by atoms with E-state index in [9.17, 15) is 14.4 Å². The number of fused-ring (bicyclic) bond motifs is 2. The van der Waals surface area contributed by atoms with Crippen LogP contribution in [0, 0.1) is 19.8 Å². The minimum Gasteiger partial charge on any atom is -0.334 e. The first-order valence-electron chi connectivity index (χ1n) is 16.0. The first kappa shape index (κ1) is 32.5. The molecule has 3 amide bonds. The number of piperazine rings is 1. The zero-order valence-electron chi connectivity index (χ0n) is 26.6. The molecule has 1 aliphatic carbocycles. The Hall–Kier alpha value is -3.43. The van der Waals surface area contributed by atoms with Crippen LogP contribution in [0.3, 0.4) is 0 Å². The molecular weight excluding hydrogens is 621 g/mol. The molecule has 8 nitrogen and oxygen atoms in total. The lowest BCUT2D eigenvalue weighted by molar-refractivity contribution is -0.135. The normalized spacial score (nSPS) is 22.7. The topological polar surface area (TPSA) is 85.0 Å². The van der Waals surface area contributed by atoms with Gasteiger partial charge in [0.25, 0.3) is 5.91 Å². The maximum absolute atomic E-state index is 13.8. The molecule has 2 bridgehead atoms. The fraction of sp³-hybridized carbons (Fsp3) is 0.417. The molecule has 2 saturated heterocycles. The Labute approximate surface area is 281 Å². The fourth-order valence-electron chi connectivity index (χ4n) is 7.55. The van der Waals surface area contributed by atoms with E-state index in [0.29, 0.717) is 47.2 Å². The molecule has 4 atom stereocenters. The average Bonchev–Trinajstić information content (AvgIpc) is 3.60. The Balaban J connectivity index is 1.09. The SMILES string of the molecule is CC(=O)Nc1cccc(CN2C[C@H]3C[C@@H]2C[C@H]3NCC(=O)N2CCN(C(=O)c3cc(C)cc(C)c3)CC2c2ccc(Cl)c(Cl)c2)c1. The quantitative estimate of drug-likeness (QED) is 0.317. The van der Waals surface area contributed by atoms with Crippen molar-refractivity contribution in [1.29, 1.82) is 0 Å². The highest BCUT2D eigenvalue weighted by atomic mass is 35.5. The lowest BCUT2D eigenvalue weighted by Crippen LogP contribution is -2.55. The van der Waals surface area contributed by atoms with E-state index in [2.05, 4.69) is 27.7 Å². The summed E-state index contributed by atoms with van der Waals surface area (Å²) in [7, 11) is 0. The third-order valence-electron chi connectivity index (χ3n) is 9.59. The highest BCUT2D eigenvalue weighted by molar-refractivity contribution is 6.42. The summed E-state index contributed by atoms with van der Waals surface area (Å²) in [5.74, 6) is 0.394. The lowest BCUT2D eigenvalue weighted by atomic mass is 10.00. The summed E-state index contributed by atoms with van der Waals surface area (Å²) in [5, 5.41) is 7.35. The molecule has 242 valence electrons. The number of aryl methyl sites for hydroxylation is 2. The molecule has 2 N–H and O–H groups in total. The predicted molar refractivity (Wildman–Crippen MR) is 182 cm³/mol. The zero-order valence-corrected chi connectivity index (χ0v) is 28.1. The van der Waals surface area contributed by atoms with Crippen LogP contribution in [0.2, 0.25) is 10.0 Å². The summed E-state index contributed by atoms with van der Waals surface area (Å²) in [6.07, 6.45) is 2.11. The molecule has 0 aromatic heterocycles. The molecule has 1 unspecified atom stereocenters. The lowest BCUT2D eigenvalue weighted by Gasteiger charge is -2.42. The number of nitrogens with zero attached hydrogens (tertiary/aromatic N) is 3. The third-order valence-corrected chi connectivity index (χ3v) is 10.3. The number of carbonyl (C=O) groups excluding carboxylic acids is 3. The van der Waals surface area contributed by atoms with E-state index in [1.807, 2.05) is 66.1 Å². The minimum absolute atomic E-state index is 0.0176. The molecule has 2 aliphatic heterocycles. The molecule has 3 aromatic rings. The van der Waals surface area contributed by atoms with Crippen LogP contribution >= 0.6 is 23.2 Å². The van der Waals surface area contributed by atoms with Crippen molar-refractivity contribution in [3.05, 3.63) is 98.5 Å². The number of piperidine rings is 1. The third kappa shape index (κ3) is 7.26. The smallest absolute Gasteiger partial charge is 0.254 e. The Morgan fingerprint density at radius 2 is 1.67 bits per heavy atom. The van der Waals surface area contributed by atoms with Gasteiger partial charge in [0.2, 0.25) is 11.8 Å². The number of hydrogen-bond acceptors (Lipinski definition) is 5. The summed E-state index contributed by atoms with van der Waals surface area (Å²) in [6.45, 7) is 8.85. The molecule has 3 aliphatic rings. The molecule has 3 fully saturated rings. The average molecular weight is 663 g/mol. The van der Waals surface area contributed by atoms with Crippen LogP contribution in [0.15, 0.2) is 60.7 Å².